The topological polar surface area (TPSA) is 88.5 Å². The lowest BCUT2D eigenvalue weighted by Gasteiger charge is -2.22. The van der Waals surface area contributed by atoms with Gasteiger partial charge >= 0.3 is 0 Å². The Morgan fingerprint density at radius 2 is 2.30 bits per heavy atom. The van der Waals surface area contributed by atoms with Gasteiger partial charge in [-0.05, 0) is 17.7 Å². The lowest BCUT2D eigenvalue weighted by molar-refractivity contribution is -0.116. The van der Waals surface area contributed by atoms with Crippen LogP contribution in [0.4, 0.5) is 5.82 Å². The normalized spacial score (nSPS) is 18.1. The SMILES string of the molecule is Cn1nnc2cc([C@@H]3CC(=O)Nc4[nH]ncc43)ccc21. The van der Waals surface area contributed by atoms with E-state index in [-0.39, 0.29) is 11.8 Å². The number of aromatic amines is 1. The first-order valence-electron chi connectivity index (χ1n) is 6.35. The Bertz CT molecular complexity index is 817. The first-order chi connectivity index (χ1) is 9.72. The minimum atomic E-state index is -0.00834. The fraction of sp³-hybridized carbons (Fsp3) is 0.231. The summed E-state index contributed by atoms with van der Waals surface area (Å²) in [4.78, 5) is 11.8. The average molecular weight is 268 g/mol. The molecule has 4 rings (SSSR count). The number of aryl methyl sites for hydroxylation is 1. The van der Waals surface area contributed by atoms with E-state index < -0.39 is 0 Å². The first kappa shape index (κ1) is 11.2. The summed E-state index contributed by atoms with van der Waals surface area (Å²) in [5, 5.41) is 17.7. The van der Waals surface area contributed by atoms with Crippen LogP contribution in [0.15, 0.2) is 24.4 Å². The van der Waals surface area contributed by atoms with Crippen molar-refractivity contribution in [3.63, 3.8) is 0 Å². The van der Waals surface area contributed by atoms with Crippen molar-refractivity contribution in [3.8, 4) is 0 Å². The number of carbonyl (C=O) groups excluding carboxylic acids is 1. The van der Waals surface area contributed by atoms with Gasteiger partial charge in [-0.2, -0.15) is 5.10 Å². The van der Waals surface area contributed by atoms with Gasteiger partial charge in [-0.3, -0.25) is 9.89 Å². The molecule has 2 aromatic heterocycles. The molecule has 0 saturated heterocycles. The molecule has 1 aliphatic heterocycles. The van der Waals surface area contributed by atoms with Crippen LogP contribution in [0.1, 0.15) is 23.5 Å². The van der Waals surface area contributed by atoms with Crippen LogP contribution in [0, 0.1) is 0 Å². The highest BCUT2D eigenvalue weighted by Gasteiger charge is 2.28. The maximum Gasteiger partial charge on any atom is 0.226 e. The molecular formula is C13H12N6O. The zero-order chi connectivity index (χ0) is 13.7. The van der Waals surface area contributed by atoms with Gasteiger partial charge in [0.1, 0.15) is 11.3 Å². The number of amides is 1. The van der Waals surface area contributed by atoms with E-state index in [4.69, 9.17) is 0 Å². The van der Waals surface area contributed by atoms with E-state index in [0.29, 0.717) is 12.2 Å². The molecule has 20 heavy (non-hydrogen) atoms. The van der Waals surface area contributed by atoms with E-state index in [1.165, 1.54) is 0 Å². The average Bonchev–Trinajstić information content (AvgIpc) is 3.04. The number of aromatic nitrogens is 5. The number of nitrogens with one attached hydrogen (secondary N) is 2. The van der Waals surface area contributed by atoms with Crippen LogP contribution < -0.4 is 5.32 Å². The number of hydrogen-bond donors (Lipinski definition) is 2. The predicted molar refractivity (Wildman–Crippen MR) is 72.2 cm³/mol. The molecule has 100 valence electrons. The second kappa shape index (κ2) is 3.89. The van der Waals surface area contributed by atoms with Crippen LogP contribution in [0.3, 0.4) is 0 Å². The van der Waals surface area contributed by atoms with Gasteiger partial charge in [-0.25, -0.2) is 4.68 Å². The summed E-state index contributed by atoms with van der Waals surface area (Å²) >= 11 is 0. The summed E-state index contributed by atoms with van der Waals surface area (Å²) in [6.07, 6.45) is 2.18. The largest absolute Gasteiger partial charge is 0.311 e. The van der Waals surface area contributed by atoms with Crippen LogP contribution in [0.25, 0.3) is 11.0 Å². The molecule has 0 radical (unpaired) electrons. The Morgan fingerprint density at radius 3 is 3.20 bits per heavy atom. The number of rotatable bonds is 1. The van der Waals surface area contributed by atoms with Gasteiger partial charge in [0.25, 0.3) is 0 Å². The number of carbonyl (C=O) groups is 1. The molecule has 0 spiro atoms. The standard InChI is InChI=1S/C13H12N6O/c1-19-11-3-2-7(4-10(11)16-18-19)8-5-12(20)15-13-9(8)6-14-17-13/h2-4,6,8H,5H2,1H3,(H2,14,15,17,20)/t8-/m0/s1. The van der Waals surface area contributed by atoms with E-state index in [0.717, 1.165) is 22.2 Å². The van der Waals surface area contributed by atoms with Crippen molar-refractivity contribution in [1.82, 2.24) is 25.2 Å². The first-order valence-corrected chi connectivity index (χ1v) is 6.35. The van der Waals surface area contributed by atoms with Crippen molar-refractivity contribution in [2.75, 3.05) is 5.32 Å². The third kappa shape index (κ3) is 1.52. The van der Waals surface area contributed by atoms with Crippen molar-refractivity contribution >= 4 is 22.8 Å². The molecule has 1 aliphatic rings. The molecule has 0 aliphatic carbocycles. The molecular weight excluding hydrogens is 256 g/mol. The molecule has 0 saturated carbocycles. The smallest absolute Gasteiger partial charge is 0.226 e. The van der Waals surface area contributed by atoms with Crippen molar-refractivity contribution in [1.29, 1.82) is 0 Å². The molecule has 1 atom stereocenters. The van der Waals surface area contributed by atoms with Gasteiger partial charge < -0.3 is 5.32 Å². The second-order valence-corrected chi connectivity index (χ2v) is 4.97. The molecule has 1 amide bonds. The van der Waals surface area contributed by atoms with Crippen LogP contribution in [-0.2, 0) is 11.8 Å². The zero-order valence-corrected chi connectivity index (χ0v) is 10.8. The lowest BCUT2D eigenvalue weighted by atomic mass is 9.87. The van der Waals surface area contributed by atoms with E-state index in [1.54, 1.807) is 10.9 Å². The molecule has 2 N–H and O–H groups in total. The number of fused-ring (bicyclic) bond motifs is 2. The summed E-state index contributed by atoms with van der Waals surface area (Å²) in [5.41, 5.74) is 3.87. The Hall–Kier alpha value is -2.70. The Morgan fingerprint density at radius 1 is 1.40 bits per heavy atom. The molecule has 3 heterocycles. The number of H-pyrrole nitrogens is 1. The third-order valence-corrected chi connectivity index (χ3v) is 3.74. The van der Waals surface area contributed by atoms with E-state index in [9.17, 15) is 4.79 Å². The molecule has 3 aromatic rings. The number of hydrogen-bond acceptors (Lipinski definition) is 4. The lowest BCUT2D eigenvalue weighted by Crippen LogP contribution is -2.22. The Kier molecular flexibility index (Phi) is 2.17. The van der Waals surface area contributed by atoms with Crippen LogP contribution in [-0.4, -0.2) is 31.1 Å². The quantitative estimate of drug-likeness (QED) is 0.693. The second-order valence-electron chi connectivity index (χ2n) is 4.97. The summed E-state index contributed by atoms with van der Waals surface area (Å²) < 4.78 is 1.73. The van der Waals surface area contributed by atoms with Crippen molar-refractivity contribution in [2.45, 2.75) is 12.3 Å². The molecule has 0 unspecified atom stereocenters. The van der Waals surface area contributed by atoms with Crippen LogP contribution in [0.5, 0.6) is 0 Å². The Balaban J connectivity index is 1.85. The van der Waals surface area contributed by atoms with Gasteiger partial charge in [-0.1, -0.05) is 11.3 Å². The van der Waals surface area contributed by atoms with Gasteiger partial charge in [0.05, 0.1) is 11.7 Å². The highest BCUT2D eigenvalue weighted by molar-refractivity contribution is 5.94. The summed E-state index contributed by atoms with van der Waals surface area (Å²) in [7, 11) is 1.86. The van der Waals surface area contributed by atoms with Crippen molar-refractivity contribution in [3.05, 3.63) is 35.5 Å². The highest BCUT2D eigenvalue weighted by atomic mass is 16.1. The third-order valence-electron chi connectivity index (χ3n) is 3.74. The molecule has 7 nitrogen and oxygen atoms in total. The zero-order valence-electron chi connectivity index (χ0n) is 10.8. The fourth-order valence-corrected chi connectivity index (χ4v) is 2.72. The van der Waals surface area contributed by atoms with Crippen LogP contribution >= 0.6 is 0 Å². The minimum absolute atomic E-state index is 0.00362. The maximum absolute atomic E-state index is 11.8. The van der Waals surface area contributed by atoms with Gasteiger partial charge in [0, 0.05) is 24.9 Å². The molecule has 7 heteroatoms. The van der Waals surface area contributed by atoms with E-state index >= 15 is 0 Å². The van der Waals surface area contributed by atoms with Gasteiger partial charge in [0.2, 0.25) is 5.91 Å². The van der Waals surface area contributed by atoms with Gasteiger partial charge in [-0.15, -0.1) is 5.10 Å². The summed E-state index contributed by atoms with van der Waals surface area (Å²) in [6.45, 7) is 0. The number of anilines is 1. The fourth-order valence-electron chi connectivity index (χ4n) is 2.72. The summed E-state index contributed by atoms with van der Waals surface area (Å²) in [5.74, 6) is 0.681. The Labute approximate surface area is 114 Å². The van der Waals surface area contributed by atoms with E-state index in [2.05, 4.69) is 25.8 Å². The predicted octanol–water partition coefficient (Wildman–Crippen LogP) is 1.17. The highest BCUT2D eigenvalue weighted by Crippen LogP contribution is 2.36. The summed E-state index contributed by atoms with van der Waals surface area (Å²) in [6, 6.07) is 5.99. The minimum Gasteiger partial charge on any atom is -0.311 e. The number of nitrogens with zero attached hydrogens (tertiary/aromatic N) is 4. The van der Waals surface area contributed by atoms with Crippen molar-refractivity contribution in [2.24, 2.45) is 7.05 Å². The maximum atomic E-state index is 11.8. The number of benzene rings is 1. The van der Waals surface area contributed by atoms with Gasteiger partial charge in [0.15, 0.2) is 0 Å². The monoisotopic (exact) mass is 268 g/mol. The van der Waals surface area contributed by atoms with Crippen LogP contribution in [0.2, 0.25) is 0 Å². The molecule has 0 bridgehead atoms. The van der Waals surface area contributed by atoms with Crippen molar-refractivity contribution < 1.29 is 4.79 Å². The molecule has 1 aromatic carbocycles. The molecule has 0 fully saturated rings. The van der Waals surface area contributed by atoms with E-state index in [1.807, 2.05) is 25.2 Å².